The van der Waals surface area contributed by atoms with Crippen LogP contribution in [0.4, 0.5) is 0 Å². The van der Waals surface area contributed by atoms with Crippen LogP contribution in [-0.4, -0.2) is 37.0 Å². The van der Waals surface area contributed by atoms with Crippen LogP contribution in [0.5, 0.6) is 5.75 Å². The number of fused-ring (bicyclic) bond motifs is 1. The van der Waals surface area contributed by atoms with Crippen LogP contribution in [0.15, 0.2) is 24.3 Å². The summed E-state index contributed by atoms with van der Waals surface area (Å²) >= 11 is 0. The molecule has 0 aliphatic carbocycles. The number of nitrogens with zero attached hydrogens (tertiary/aromatic N) is 1. The van der Waals surface area contributed by atoms with Crippen LogP contribution in [0.2, 0.25) is 0 Å². The monoisotopic (exact) mass is 274 g/mol. The van der Waals surface area contributed by atoms with Crippen molar-refractivity contribution in [2.75, 3.05) is 26.2 Å². The lowest BCUT2D eigenvalue weighted by Crippen LogP contribution is -2.43. The van der Waals surface area contributed by atoms with Gasteiger partial charge in [-0.3, -0.25) is 4.79 Å². The van der Waals surface area contributed by atoms with Crippen LogP contribution >= 0.6 is 0 Å². The van der Waals surface area contributed by atoms with E-state index in [-0.39, 0.29) is 11.8 Å². The molecule has 1 unspecified atom stereocenters. The van der Waals surface area contributed by atoms with Crippen molar-refractivity contribution in [3.8, 4) is 5.75 Å². The van der Waals surface area contributed by atoms with Crippen LogP contribution in [0.3, 0.4) is 0 Å². The Morgan fingerprint density at radius 3 is 2.75 bits per heavy atom. The van der Waals surface area contributed by atoms with Gasteiger partial charge in [0, 0.05) is 18.7 Å². The first kappa shape index (κ1) is 13.4. The molecule has 2 heterocycles. The fourth-order valence-corrected chi connectivity index (χ4v) is 3.21. The molecule has 0 saturated carbocycles. The van der Waals surface area contributed by atoms with Crippen molar-refractivity contribution >= 4 is 5.91 Å². The summed E-state index contributed by atoms with van der Waals surface area (Å²) in [6, 6.07) is 7.91. The Labute approximate surface area is 119 Å². The average Bonchev–Trinajstić information content (AvgIpc) is 2.54. The molecule has 2 aliphatic heterocycles. The SMILES string of the molecule is NCC1CCN(C(=O)C2CCOc3ccccc32)CC1. The predicted molar refractivity (Wildman–Crippen MR) is 77.7 cm³/mol. The second-order valence-corrected chi connectivity index (χ2v) is 5.73. The van der Waals surface area contributed by atoms with E-state index in [1.807, 2.05) is 29.2 Å². The minimum atomic E-state index is -0.0330. The van der Waals surface area contributed by atoms with E-state index < -0.39 is 0 Å². The van der Waals surface area contributed by atoms with Crippen molar-refractivity contribution in [2.24, 2.45) is 11.7 Å². The van der Waals surface area contributed by atoms with Crippen molar-refractivity contribution in [3.05, 3.63) is 29.8 Å². The van der Waals surface area contributed by atoms with E-state index in [0.29, 0.717) is 12.5 Å². The summed E-state index contributed by atoms with van der Waals surface area (Å²) in [5.74, 6) is 1.68. The Hall–Kier alpha value is -1.55. The first-order valence-corrected chi connectivity index (χ1v) is 7.50. The summed E-state index contributed by atoms with van der Waals surface area (Å²) in [5, 5.41) is 0. The number of carbonyl (C=O) groups is 1. The normalized spacial score (nSPS) is 23.1. The Morgan fingerprint density at radius 1 is 1.25 bits per heavy atom. The number of hydrogen-bond acceptors (Lipinski definition) is 3. The lowest BCUT2D eigenvalue weighted by Gasteiger charge is -2.35. The topological polar surface area (TPSA) is 55.6 Å². The zero-order valence-electron chi connectivity index (χ0n) is 11.8. The maximum Gasteiger partial charge on any atom is 0.230 e. The number of para-hydroxylation sites is 1. The van der Waals surface area contributed by atoms with Crippen molar-refractivity contribution in [2.45, 2.75) is 25.2 Å². The summed E-state index contributed by atoms with van der Waals surface area (Å²) in [7, 11) is 0. The Balaban J connectivity index is 1.72. The van der Waals surface area contributed by atoms with Gasteiger partial charge in [-0.1, -0.05) is 18.2 Å². The molecule has 1 fully saturated rings. The summed E-state index contributed by atoms with van der Waals surface area (Å²) in [4.78, 5) is 14.8. The maximum atomic E-state index is 12.8. The molecule has 2 N–H and O–H groups in total. The molecule has 20 heavy (non-hydrogen) atoms. The van der Waals surface area contributed by atoms with E-state index in [0.717, 1.165) is 50.2 Å². The molecule has 0 bridgehead atoms. The summed E-state index contributed by atoms with van der Waals surface area (Å²) in [6.07, 6.45) is 2.85. The van der Waals surface area contributed by atoms with E-state index in [1.165, 1.54) is 0 Å². The van der Waals surface area contributed by atoms with Gasteiger partial charge in [-0.05, 0) is 37.8 Å². The molecule has 1 atom stereocenters. The predicted octanol–water partition coefficient (Wildman–Crippen LogP) is 1.75. The summed E-state index contributed by atoms with van der Waals surface area (Å²) < 4.78 is 5.64. The number of ether oxygens (including phenoxy) is 1. The number of piperidine rings is 1. The van der Waals surface area contributed by atoms with Crippen molar-refractivity contribution in [1.82, 2.24) is 4.90 Å². The van der Waals surface area contributed by atoms with Gasteiger partial charge in [-0.15, -0.1) is 0 Å². The second-order valence-electron chi connectivity index (χ2n) is 5.73. The molecular weight excluding hydrogens is 252 g/mol. The molecule has 3 rings (SSSR count). The minimum absolute atomic E-state index is 0.0330. The number of nitrogens with two attached hydrogens (primary N) is 1. The molecule has 108 valence electrons. The van der Waals surface area contributed by atoms with E-state index in [9.17, 15) is 4.79 Å². The van der Waals surface area contributed by atoms with Gasteiger partial charge >= 0.3 is 0 Å². The highest BCUT2D eigenvalue weighted by atomic mass is 16.5. The highest BCUT2D eigenvalue weighted by Crippen LogP contribution is 2.35. The van der Waals surface area contributed by atoms with Crippen LogP contribution in [0.1, 0.15) is 30.7 Å². The molecular formula is C16H22N2O2. The van der Waals surface area contributed by atoms with Gasteiger partial charge in [-0.2, -0.15) is 0 Å². The number of amides is 1. The Morgan fingerprint density at radius 2 is 2.00 bits per heavy atom. The van der Waals surface area contributed by atoms with E-state index in [1.54, 1.807) is 0 Å². The lowest BCUT2D eigenvalue weighted by molar-refractivity contribution is -0.134. The maximum absolute atomic E-state index is 12.8. The van der Waals surface area contributed by atoms with Crippen LogP contribution in [0, 0.1) is 5.92 Å². The fourth-order valence-electron chi connectivity index (χ4n) is 3.21. The Kier molecular flexibility index (Phi) is 3.92. The molecule has 1 amide bonds. The molecule has 1 saturated heterocycles. The van der Waals surface area contributed by atoms with Crippen molar-refractivity contribution < 1.29 is 9.53 Å². The van der Waals surface area contributed by atoms with Gasteiger partial charge in [0.15, 0.2) is 0 Å². The highest BCUT2D eigenvalue weighted by molar-refractivity contribution is 5.85. The molecule has 2 aliphatic rings. The molecule has 4 nitrogen and oxygen atoms in total. The fraction of sp³-hybridized carbons (Fsp3) is 0.562. The van der Waals surface area contributed by atoms with Gasteiger partial charge in [0.2, 0.25) is 5.91 Å². The molecule has 1 aromatic carbocycles. The largest absolute Gasteiger partial charge is 0.493 e. The van der Waals surface area contributed by atoms with Gasteiger partial charge in [0.25, 0.3) is 0 Å². The van der Waals surface area contributed by atoms with E-state index in [4.69, 9.17) is 10.5 Å². The third kappa shape index (κ3) is 2.52. The van der Waals surface area contributed by atoms with Gasteiger partial charge in [0.05, 0.1) is 12.5 Å². The number of hydrogen-bond donors (Lipinski definition) is 1. The quantitative estimate of drug-likeness (QED) is 0.894. The average molecular weight is 274 g/mol. The third-order valence-electron chi connectivity index (χ3n) is 4.52. The lowest BCUT2D eigenvalue weighted by atomic mass is 9.90. The van der Waals surface area contributed by atoms with Crippen LogP contribution in [-0.2, 0) is 4.79 Å². The van der Waals surface area contributed by atoms with Crippen molar-refractivity contribution in [3.63, 3.8) is 0 Å². The molecule has 0 aromatic heterocycles. The standard InChI is InChI=1S/C16H22N2O2/c17-11-12-5-8-18(9-6-12)16(19)14-7-10-20-15-4-2-1-3-13(14)15/h1-4,12,14H,5-11,17H2. The molecule has 0 radical (unpaired) electrons. The summed E-state index contributed by atoms with van der Waals surface area (Å²) in [6.45, 7) is 3.06. The van der Waals surface area contributed by atoms with Crippen LogP contribution in [0.25, 0.3) is 0 Å². The number of carbonyl (C=O) groups excluding carboxylic acids is 1. The van der Waals surface area contributed by atoms with Gasteiger partial charge in [0.1, 0.15) is 5.75 Å². The summed E-state index contributed by atoms with van der Waals surface area (Å²) in [5.41, 5.74) is 6.76. The number of likely N-dealkylation sites (tertiary alicyclic amines) is 1. The first-order chi connectivity index (χ1) is 9.79. The van der Waals surface area contributed by atoms with E-state index in [2.05, 4.69) is 0 Å². The number of benzene rings is 1. The van der Waals surface area contributed by atoms with Crippen molar-refractivity contribution in [1.29, 1.82) is 0 Å². The highest BCUT2D eigenvalue weighted by Gasteiger charge is 2.32. The minimum Gasteiger partial charge on any atom is -0.493 e. The Bertz CT molecular complexity index is 481. The zero-order chi connectivity index (χ0) is 13.9. The molecule has 4 heteroatoms. The second kappa shape index (κ2) is 5.83. The zero-order valence-corrected chi connectivity index (χ0v) is 11.8. The molecule has 1 aromatic rings. The first-order valence-electron chi connectivity index (χ1n) is 7.50. The number of rotatable bonds is 2. The third-order valence-corrected chi connectivity index (χ3v) is 4.52. The van der Waals surface area contributed by atoms with Crippen LogP contribution < -0.4 is 10.5 Å². The van der Waals surface area contributed by atoms with Gasteiger partial charge in [-0.25, -0.2) is 0 Å². The van der Waals surface area contributed by atoms with E-state index >= 15 is 0 Å². The smallest absolute Gasteiger partial charge is 0.230 e. The molecule has 0 spiro atoms. The van der Waals surface area contributed by atoms with Gasteiger partial charge < -0.3 is 15.4 Å².